The maximum Gasteiger partial charge on any atom is 0.322 e. The summed E-state index contributed by atoms with van der Waals surface area (Å²) in [6, 6.07) is 21.2. The summed E-state index contributed by atoms with van der Waals surface area (Å²) in [4.78, 5) is 20.6. The van der Waals surface area contributed by atoms with E-state index in [1.807, 2.05) is 73.8 Å². The molecule has 5 rings (SSSR count). The van der Waals surface area contributed by atoms with Crippen molar-refractivity contribution in [2.24, 2.45) is 0 Å². The van der Waals surface area contributed by atoms with Gasteiger partial charge in [-0.2, -0.15) is 4.98 Å². The Morgan fingerprint density at radius 3 is 2.60 bits per heavy atom. The lowest BCUT2D eigenvalue weighted by Gasteiger charge is -2.35. The van der Waals surface area contributed by atoms with Gasteiger partial charge >= 0.3 is 6.03 Å². The van der Waals surface area contributed by atoms with Crippen molar-refractivity contribution in [1.82, 2.24) is 20.4 Å². The molecule has 7 nitrogen and oxygen atoms in total. The summed E-state index contributed by atoms with van der Waals surface area (Å²) < 4.78 is 11.3. The van der Waals surface area contributed by atoms with E-state index in [9.17, 15) is 4.79 Å². The van der Waals surface area contributed by atoms with Gasteiger partial charge in [0, 0.05) is 12.2 Å². The maximum absolute atomic E-state index is 13.2. The molecule has 0 radical (unpaired) electrons. The topological polar surface area (TPSA) is 80.5 Å². The summed E-state index contributed by atoms with van der Waals surface area (Å²) in [5, 5.41) is 9.35. The number of nitrogens with one attached hydrogen (secondary N) is 1. The van der Waals surface area contributed by atoms with E-state index in [-0.39, 0.29) is 6.03 Å². The molecule has 8 heteroatoms. The van der Waals surface area contributed by atoms with Crippen LogP contribution in [0.3, 0.4) is 0 Å². The summed E-state index contributed by atoms with van der Waals surface area (Å²) in [5.74, 6) is 1.71. The van der Waals surface area contributed by atoms with E-state index in [4.69, 9.17) is 14.2 Å². The molecule has 1 unspecified atom stereocenters. The van der Waals surface area contributed by atoms with Crippen LogP contribution in [0.2, 0.25) is 0 Å². The Morgan fingerprint density at radius 2 is 1.89 bits per heavy atom. The van der Waals surface area contributed by atoms with E-state index in [2.05, 4.69) is 22.6 Å². The largest absolute Gasteiger partial charge is 0.494 e. The Hall–Kier alpha value is -3.91. The van der Waals surface area contributed by atoms with Gasteiger partial charge in [-0.25, -0.2) is 4.79 Å². The van der Waals surface area contributed by atoms with Crippen LogP contribution in [0.5, 0.6) is 5.75 Å². The van der Waals surface area contributed by atoms with E-state index in [0.717, 1.165) is 33.9 Å². The summed E-state index contributed by atoms with van der Waals surface area (Å²) in [6.07, 6.45) is 0.733. The van der Waals surface area contributed by atoms with Crippen LogP contribution in [0.25, 0.3) is 16.3 Å². The highest BCUT2D eigenvalue weighted by molar-refractivity contribution is 7.13. The number of allylic oxidation sites excluding steroid dienone is 1. The lowest BCUT2D eigenvalue weighted by Crippen LogP contribution is -2.46. The van der Waals surface area contributed by atoms with E-state index >= 15 is 0 Å². The van der Waals surface area contributed by atoms with Crippen molar-refractivity contribution < 1.29 is 14.1 Å². The summed E-state index contributed by atoms with van der Waals surface area (Å²) in [5.41, 5.74) is 3.66. The number of hydrogen-bond acceptors (Lipinski definition) is 6. The predicted molar refractivity (Wildman–Crippen MR) is 136 cm³/mol. The fourth-order valence-corrected chi connectivity index (χ4v) is 4.87. The molecule has 178 valence electrons. The molecule has 0 fully saturated rings. The minimum Gasteiger partial charge on any atom is -0.494 e. The van der Waals surface area contributed by atoms with Crippen LogP contribution < -0.4 is 10.1 Å². The van der Waals surface area contributed by atoms with Crippen molar-refractivity contribution >= 4 is 22.9 Å². The van der Waals surface area contributed by atoms with Gasteiger partial charge in [-0.1, -0.05) is 53.7 Å². The Morgan fingerprint density at radius 1 is 1.09 bits per heavy atom. The molecule has 0 bridgehead atoms. The first-order valence-electron chi connectivity index (χ1n) is 11.6. The van der Waals surface area contributed by atoms with Crippen molar-refractivity contribution in [2.75, 3.05) is 13.2 Å². The molecule has 0 spiro atoms. The molecule has 0 saturated carbocycles. The van der Waals surface area contributed by atoms with Gasteiger partial charge in [0.1, 0.15) is 5.75 Å². The molecule has 4 aromatic rings. The molecule has 1 N–H and O–H groups in total. The third-order valence-electron chi connectivity index (χ3n) is 5.99. The standard InChI is InChI=1S/C27H26N4O3S/c1-3-33-21-13-11-20(12-14-21)24-23(26-29-25(30-34-26)22-10-7-17-35-22)18(2)31(27(32)28-24)16-15-19-8-5-4-6-9-19/h4-14,17,24H,3,15-16H2,1-2H3,(H,28,32). The Bertz CT molecular complexity index is 1310. The number of carbonyl (C=O) groups is 1. The van der Waals surface area contributed by atoms with E-state index in [0.29, 0.717) is 24.9 Å². The third kappa shape index (κ3) is 4.83. The van der Waals surface area contributed by atoms with Gasteiger partial charge in [0.15, 0.2) is 0 Å². The zero-order chi connectivity index (χ0) is 24.2. The van der Waals surface area contributed by atoms with Crippen LogP contribution in [0.4, 0.5) is 4.79 Å². The normalized spacial score (nSPS) is 15.9. The predicted octanol–water partition coefficient (Wildman–Crippen LogP) is 5.94. The molecular weight excluding hydrogens is 460 g/mol. The van der Waals surface area contributed by atoms with Crippen molar-refractivity contribution in [2.45, 2.75) is 26.3 Å². The number of hydrogen-bond donors (Lipinski definition) is 1. The lowest BCUT2D eigenvalue weighted by atomic mass is 9.94. The number of urea groups is 1. The average Bonchev–Trinajstić information content (AvgIpc) is 3.57. The van der Waals surface area contributed by atoms with Crippen molar-refractivity contribution in [1.29, 1.82) is 0 Å². The fourth-order valence-electron chi connectivity index (χ4n) is 4.23. The molecule has 0 saturated heterocycles. The minimum absolute atomic E-state index is 0.154. The minimum atomic E-state index is -0.428. The van der Waals surface area contributed by atoms with Gasteiger partial charge in [0.05, 0.1) is 23.1 Å². The van der Waals surface area contributed by atoms with Crippen molar-refractivity contribution in [3.8, 4) is 16.5 Å². The molecule has 0 aliphatic carbocycles. The highest BCUT2D eigenvalue weighted by Crippen LogP contribution is 2.38. The van der Waals surface area contributed by atoms with Gasteiger partial charge in [-0.05, 0) is 55.0 Å². The Balaban J connectivity index is 1.52. The van der Waals surface area contributed by atoms with Gasteiger partial charge in [-0.15, -0.1) is 11.3 Å². The number of aromatic nitrogens is 2. The van der Waals surface area contributed by atoms with Crippen molar-refractivity contribution in [3.05, 3.63) is 94.8 Å². The Kier molecular flexibility index (Phi) is 6.63. The van der Waals surface area contributed by atoms with Gasteiger partial charge in [-0.3, -0.25) is 4.90 Å². The average molecular weight is 487 g/mol. The molecule has 2 aromatic heterocycles. The number of rotatable bonds is 8. The van der Waals surface area contributed by atoms with E-state index < -0.39 is 6.04 Å². The number of thiophene rings is 1. The van der Waals surface area contributed by atoms with Crippen LogP contribution in [-0.4, -0.2) is 34.2 Å². The second-order valence-corrected chi connectivity index (χ2v) is 9.12. The molecule has 1 aliphatic heterocycles. The first-order valence-corrected chi connectivity index (χ1v) is 12.5. The van der Waals surface area contributed by atoms with Crippen LogP contribution in [0, 0.1) is 0 Å². The van der Waals surface area contributed by atoms with Crippen molar-refractivity contribution in [3.63, 3.8) is 0 Å². The third-order valence-corrected chi connectivity index (χ3v) is 6.85. The maximum atomic E-state index is 13.2. The summed E-state index contributed by atoms with van der Waals surface area (Å²) >= 11 is 1.55. The number of carbonyl (C=O) groups excluding carboxylic acids is 1. The van der Waals surface area contributed by atoms with E-state index in [1.165, 1.54) is 5.56 Å². The van der Waals surface area contributed by atoms with Crippen LogP contribution in [0.15, 0.2) is 82.3 Å². The first-order chi connectivity index (χ1) is 17.1. The van der Waals surface area contributed by atoms with Gasteiger partial charge in [0.2, 0.25) is 5.82 Å². The number of ether oxygens (including phenoxy) is 1. The lowest BCUT2D eigenvalue weighted by molar-refractivity contribution is 0.205. The smallest absolute Gasteiger partial charge is 0.322 e. The molecule has 35 heavy (non-hydrogen) atoms. The van der Waals surface area contributed by atoms with Gasteiger partial charge < -0.3 is 14.6 Å². The highest BCUT2D eigenvalue weighted by atomic mass is 32.1. The van der Waals surface area contributed by atoms with E-state index in [1.54, 1.807) is 16.2 Å². The van der Waals surface area contributed by atoms with Crippen LogP contribution in [0.1, 0.15) is 36.9 Å². The Labute approximate surface area is 208 Å². The molecule has 2 amide bonds. The first kappa shape index (κ1) is 22.9. The molecular formula is C27H26N4O3S. The van der Waals surface area contributed by atoms with Crippen LogP contribution >= 0.6 is 11.3 Å². The summed E-state index contributed by atoms with van der Waals surface area (Å²) in [6.45, 7) is 5.01. The SMILES string of the molecule is CCOc1ccc(C2NC(=O)N(CCc3ccccc3)C(C)=C2c2nc(-c3cccs3)no2)cc1. The number of nitrogens with zero attached hydrogens (tertiary/aromatic N) is 3. The second kappa shape index (κ2) is 10.1. The summed E-state index contributed by atoms with van der Waals surface area (Å²) in [7, 11) is 0. The van der Waals surface area contributed by atoms with Gasteiger partial charge in [0.25, 0.3) is 5.89 Å². The number of benzene rings is 2. The molecule has 1 aliphatic rings. The molecule has 1 atom stereocenters. The fraction of sp³-hybridized carbons (Fsp3) is 0.222. The zero-order valence-corrected chi connectivity index (χ0v) is 20.4. The quantitative estimate of drug-likeness (QED) is 0.334. The zero-order valence-electron chi connectivity index (χ0n) is 19.6. The highest BCUT2D eigenvalue weighted by Gasteiger charge is 2.35. The monoisotopic (exact) mass is 486 g/mol. The van der Waals surface area contributed by atoms with Crippen LogP contribution in [-0.2, 0) is 6.42 Å². The molecule has 2 aromatic carbocycles. The number of amides is 2. The molecule has 3 heterocycles. The second-order valence-electron chi connectivity index (χ2n) is 8.17.